The number of carbonyl (C=O) groups excluding carboxylic acids is 1. The van der Waals surface area contributed by atoms with Crippen molar-refractivity contribution in [2.45, 2.75) is 24.7 Å². The van der Waals surface area contributed by atoms with Gasteiger partial charge in [-0.15, -0.1) is 6.42 Å². The van der Waals surface area contributed by atoms with Crippen molar-refractivity contribution in [2.24, 2.45) is 0 Å². The van der Waals surface area contributed by atoms with Crippen LogP contribution in [0.3, 0.4) is 0 Å². The van der Waals surface area contributed by atoms with E-state index in [1.54, 1.807) is 4.90 Å². The molecule has 1 heterocycles. The maximum atomic E-state index is 12.9. The molecule has 0 aromatic heterocycles. The highest BCUT2D eigenvalue weighted by Gasteiger charge is 2.24. The van der Waals surface area contributed by atoms with E-state index in [4.69, 9.17) is 6.42 Å². The van der Waals surface area contributed by atoms with Gasteiger partial charge in [-0.05, 0) is 55.7 Å². The van der Waals surface area contributed by atoms with E-state index >= 15 is 0 Å². The van der Waals surface area contributed by atoms with Crippen molar-refractivity contribution in [3.63, 3.8) is 0 Å². The lowest BCUT2D eigenvalue weighted by Crippen LogP contribution is -2.35. The molecule has 0 fully saturated rings. The van der Waals surface area contributed by atoms with Crippen LogP contribution < -0.4 is 9.62 Å². The zero-order chi connectivity index (χ0) is 18.7. The highest BCUT2D eigenvalue weighted by atomic mass is 32.2. The molecule has 26 heavy (non-hydrogen) atoms. The van der Waals surface area contributed by atoms with Crippen LogP contribution in [0.2, 0.25) is 0 Å². The van der Waals surface area contributed by atoms with Crippen LogP contribution in [0.5, 0.6) is 0 Å². The highest BCUT2D eigenvalue weighted by Crippen LogP contribution is 2.29. The first kappa shape index (κ1) is 18.2. The third-order valence-electron chi connectivity index (χ3n) is 4.37. The molecule has 1 N–H and O–H groups in total. The first-order valence-electron chi connectivity index (χ1n) is 8.37. The van der Waals surface area contributed by atoms with Crippen molar-refractivity contribution in [3.05, 3.63) is 59.2 Å². The Hall–Kier alpha value is -2.62. The van der Waals surface area contributed by atoms with Crippen LogP contribution >= 0.6 is 0 Å². The van der Waals surface area contributed by atoms with Gasteiger partial charge in [-0.1, -0.05) is 23.6 Å². The van der Waals surface area contributed by atoms with Gasteiger partial charge < -0.3 is 4.90 Å². The highest BCUT2D eigenvalue weighted by molar-refractivity contribution is 7.89. The van der Waals surface area contributed by atoms with Crippen LogP contribution in [-0.4, -0.2) is 27.4 Å². The molecule has 2 aromatic rings. The number of hydrogen-bond donors (Lipinski definition) is 1. The van der Waals surface area contributed by atoms with E-state index < -0.39 is 10.0 Å². The molecule has 0 atom stereocenters. The van der Waals surface area contributed by atoms with Crippen LogP contribution in [-0.2, 0) is 16.4 Å². The lowest BCUT2D eigenvalue weighted by Gasteiger charge is -2.30. The van der Waals surface area contributed by atoms with Gasteiger partial charge in [0.2, 0.25) is 10.0 Å². The molecular weight excluding hydrogens is 348 g/mol. The van der Waals surface area contributed by atoms with E-state index in [-0.39, 0.29) is 17.3 Å². The van der Waals surface area contributed by atoms with Crippen LogP contribution in [0, 0.1) is 19.3 Å². The number of hydrogen-bond acceptors (Lipinski definition) is 3. The molecule has 134 valence electrons. The number of amides is 1. The number of sulfonamides is 1. The third kappa shape index (κ3) is 3.64. The molecule has 0 radical (unpaired) electrons. The van der Waals surface area contributed by atoms with Gasteiger partial charge in [0.15, 0.2) is 0 Å². The van der Waals surface area contributed by atoms with Crippen molar-refractivity contribution >= 4 is 21.6 Å². The van der Waals surface area contributed by atoms with Crippen molar-refractivity contribution in [2.75, 3.05) is 18.0 Å². The minimum atomic E-state index is -3.66. The molecule has 5 nitrogen and oxygen atoms in total. The second kappa shape index (κ2) is 7.32. The molecular formula is C20H20N2O3S. The molecule has 0 bridgehead atoms. The Morgan fingerprint density at radius 1 is 1.23 bits per heavy atom. The fourth-order valence-corrected chi connectivity index (χ4v) is 4.02. The Morgan fingerprint density at radius 2 is 1.96 bits per heavy atom. The molecule has 0 unspecified atom stereocenters. The van der Waals surface area contributed by atoms with Gasteiger partial charge in [-0.2, -0.15) is 4.72 Å². The Labute approximate surface area is 154 Å². The number of terminal acetylenes is 1. The summed E-state index contributed by atoms with van der Waals surface area (Å²) >= 11 is 0. The molecule has 1 amide bonds. The molecule has 1 aliphatic rings. The van der Waals surface area contributed by atoms with Crippen LogP contribution in [0.4, 0.5) is 5.69 Å². The summed E-state index contributed by atoms with van der Waals surface area (Å²) in [4.78, 5) is 14.8. The predicted octanol–water partition coefficient (Wildman–Crippen LogP) is 2.50. The van der Waals surface area contributed by atoms with Gasteiger partial charge in [0.1, 0.15) is 0 Å². The molecule has 0 aliphatic carbocycles. The number of carbonyl (C=O) groups is 1. The van der Waals surface area contributed by atoms with Crippen LogP contribution in [0.25, 0.3) is 0 Å². The van der Waals surface area contributed by atoms with Crippen molar-refractivity contribution in [3.8, 4) is 12.3 Å². The van der Waals surface area contributed by atoms with E-state index in [9.17, 15) is 13.2 Å². The molecule has 6 heteroatoms. The fraction of sp³-hybridized carbons (Fsp3) is 0.250. The number of nitrogens with one attached hydrogen (secondary N) is 1. The fourth-order valence-electron chi connectivity index (χ4n) is 3.09. The molecule has 2 aromatic carbocycles. The number of anilines is 1. The average molecular weight is 368 g/mol. The SMILES string of the molecule is C#CCNS(=O)(=O)c1ccc(C(=O)N2CCCc3cc(C)ccc32)cc1. The maximum absolute atomic E-state index is 12.9. The molecule has 3 rings (SSSR count). The van der Waals surface area contributed by atoms with Gasteiger partial charge in [0.25, 0.3) is 5.91 Å². The Kier molecular flexibility index (Phi) is 5.12. The maximum Gasteiger partial charge on any atom is 0.258 e. The van der Waals surface area contributed by atoms with Gasteiger partial charge in [0, 0.05) is 17.8 Å². The zero-order valence-electron chi connectivity index (χ0n) is 14.5. The largest absolute Gasteiger partial charge is 0.308 e. The lowest BCUT2D eigenvalue weighted by molar-refractivity contribution is 0.0985. The number of rotatable bonds is 4. The summed E-state index contributed by atoms with van der Waals surface area (Å²) in [6.07, 6.45) is 6.95. The molecule has 0 saturated heterocycles. The minimum absolute atomic E-state index is 0.0764. The minimum Gasteiger partial charge on any atom is -0.308 e. The Bertz CT molecular complexity index is 973. The summed E-state index contributed by atoms with van der Waals surface area (Å²) in [6.45, 7) is 2.61. The topological polar surface area (TPSA) is 66.5 Å². The summed E-state index contributed by atoms with van der Waals surface area (Å²) in [7, 11) is -3.66. The van der Waals surface area contributed by atoms with Gasteiger partial charge in [-0.3, -0.25) is 4.79 Å². The quantitative estimate of drug-likeness (QED) is 0.843. The summed E-state index contributed by atoms with van der Waals surface area (Å²) in [5, 5.41) is 0. The van der Waals surface area contributed by atoms with E-state index in [2.05, 4.69) is 16.7 Å². The average Bonchev–Trinajstić information content (AvgIpc) is 2.65. The lowest BCUT2D eigenvalue weighted by atomic mass is 9.99. The normalized spacial score (nSPS) is 13.8. The zero-order valence-corrected chi connectivity index (χ0v) is 15.3. The molecule has 1 aliphatic heterocycles. The summed E-state index contributed by atoms with van der Waals surface area (Å²) < 4.78 is 26.4. The van der Waals surface area contributed by atoms with Gasteiger partial charge in [-0.25, -0.2) is 8.42 Å². The summed E-state index contributed by atoms with van der Waals surface area (Å²) in [5.74, 6) is 2.10. The second-order valence-electron chi connectivity index (χ2n) is 6.25. The number of benzene rings is 2. The van der Waals surface area contributed by atoms with Crippen LogP contribution in [0.1, 0.15) is 27.9 Å². The Morgan fingerprint density at radius 3 is 2.65 bits per heavy atom. The van der Waals surface area contributed by atoms with Crippen LogP contribution in [0.15, 0.2) is 47.4 Å². The van der Waals surface area contributed by atoms with Gasteiger partial charge >= 0.3 is 0 Å². The summed E-state index contributed by atoms with van der Waals surface area (Å²) in [5.41, 5.74) is 3.72. The number of aryl methyl sites for hydroxylation is 2. The first-order valence-corrected chi connectivity index (χ1v) is 9.85. The molecule has 0 spiro atoms. The standard InChI is InChI=1S/C20H20N2O3S/c1-3-12-21-26(24,25)18-9-7-16(8-10-18)20(23)22-13-4-5-17-14-15(2)6-11-19(17)22/h1,6-11,14,21H,4-5,12-13H2,2H3. The van der Waals surface area contributed by atoms with Crippen molar-refractivity contribution in [1.82, 2.24) is 4.72 Å². The smallest absolute Gasteiger partial charge is 0.258 e. The van der Waals surface area contributed by atoms with E-state index in [1.807, 2.05) is 19.1 Å². The first-order chi connectivity index (χ1) is 12.4. The predicted molar refractivity (Wildman–Crippen MR) is 102 cm³/mol. The van der Waals surface area contributed by atoms with E-state index in [0.717, 1.165) is 18.5 Å². The third-order valence-corrected chi connectivity index (χ3v) is 5.79. The van der Waals surface area contributed by atoms with Crippen molar-refractivity contribution < 1.29 is 13.2 Å². The summed E-state index contributed by atoms with van der Waals surface area (Å²) in [6, 6.07) is 12.0. The number of nitrogens with zero attached hydrogens (tertiary/aromatic N) is 1. The molecule has 0 saturated carbocycles. The van der Waals surface area contributed by atoms with E-state index in [0.29, 0.717) is 12.1 Å². The van der Waals surface area contributed by atoms with Gasteiger partial charge in [0.05, 0.1) is 11.4 Å². The Balaban J connectivity index is 1.85. The van der Waals surface area contributed by atoms with E-state index in [1.165, 1.54) is 35.4 Å². The monoisotopic (exact) mass is 368 g/mol. The van der Waals surface area contributed by atoms with Crippen molar-refractivity contribution in [1.29, 1.82) is 0 Å². The number of fused-ring (bicyclic) bond motifs is 1. The second-order valence-corrected chi connectivity index (χ2v) is 8.01.